The van der Waals surface area contributed by atoms with E-state index in [-0.39, 0.29) is 12.3 Å². The van der Waals surface area contributed by atoms with Gasteiger partial charge in [0.2, 0.25) is 0 Å². The Labute approximate surface area is 123 Å². The number of hydrogen-bond donors (Lipinski definition) is 1. The lowest BCUT2D eigenvalue weighted by atomic mass is 9.93. The van der Waals surface area contributed by atoms with Gasteiger partial charge in [0.05, 0.1) is 16.7 Å². The van der Waals surface area contributed by atoms with Crippen molar-refractivity contribution < 1.29 is 9.90 Å². The van der Waals surface area contributed by atoms with E-state index in [0.29, 0.717) is 0 Å². The van der Waals surface area contributed by atoms with Gasteiger partial charge in [-0.15, -0.1) is 0 Å². The number of piperidine rings is 1. The molecule has 1 saturated heterocycles. The number of anilines is 1. The van der Waals surface area contributed by atoms with Gasteiger partial charge in [0, 0.05) is 19.5 Å². The zero-order valence-corrected chi connectivity index (χ0v) is 12.1. The number of para-hydroxylation sites is 2. The van der Waals surface area contributed by atoms with Gasteiger partial charge in [-0.3, -0.25) is 4.79 Å². The molecule has 5 heteroatoms. The van der Waals surface area contributed by atoms with Gasteiger partial charge in [0.1, 0.15) is 0 Å². The Morgan fingerprint density at radius 1 is 1.24 bits per heavy atom. The van der Waals surface area contributed by atoms with Crippen molar-refractivity contribution in [3.05, 3.63) is 30.0 Å². The third-order valence-corrected chi connectivity index (χ3v) is 4.10. The summed E-state index contributed by atoms with van der Waals surface area (Å²) in [5.74, 6) is 0.519. The molecule has 1 aliphatic rings. The second-order valence-corrected chi connectivity index (χ2v) is 5.65. The van der Waals surface area contributed by atoms with Crippen molar-refractivity contribution in [1.82, 2.24) is 9.97 Å². The monoisotopic (exact) mass is 285 g/mol. The summed E-state index contributed by atoms with van der Waals surface area (Å²) in [5, 5.41) is 8.88. The van der Waals surface area contributed by atoms with E-state index in [1.54, 1.807) is 0 Å². The number of nitrogens with zero attached hydrogens (tertiary/aromatic N) is 3. The van der Waals surface area contributed by atoms with E-state index in [2.05, 4.69) is 9.88 Å². The molecule has 3 rings (SSSR count). The van der Waals surface area contributed by atoms with Gasteiger partial charge in [0.15, 0.2) is 5.82 Å². The summed E-state index contributed by atoms with van der Waals surface area (Å²) in [7, 11) is 0. The van der Waals surface area contributed by atoms with Crippen LogP contribution in [0.5, 0.6) is 0 Å². The molecule has 1 aromatic carbocycles. The van der Waals surface area contributed by atoms with Crippen LogP contribution in [0.3, 0.4) is 0 Å². The van der Waals surface area contributed by atoms with Crippen LogP contribution in [0.25, 0.3) is 11.0 Å². The Morgan fingerprint density at radius 3 is 2.48 bits per heavy atom. The molecule has 21 heavy (non-hydrogen) atoms. The third kappa shape index (κ3) is 2.96. The van der Waals surface area contributed by atoms with Gasteiger partial charge in [0.25, 0.3) is 0 Å². The normalized spacial score (nSPS) is 16.3. The zero-order valence-electron chi connectivity index (χ0n) is 12.1. The average molecular weight is 285 g/mol. The summed E-state index contributed by atoms with van der Waals surface area (Å²) in [5.41, 5.74) is 2.76. The molecule has 2 heterocycles. The molecular weight excluding hydrogens is 266 g/mol. The van der Waals surface area contributed by atoms with E-state index in [1.807, 2.05) is 31.2 Å². The predicted octanol–water partition coefficient (Wildman–Crippen LogP) is 2.63. The standard InChI is InChI=1S/C16H19N3O2/c1-11-16(18-14-5-3-2-4-13(14)17-11)19-8-6-12(7-9-19)10-15(20)21/h2-5,12H,6-10H2,1H3,(H,20,21). The number of aliphatic carboxylic acids is 1. The fourth-order valence-electron chi connectivity index (χ4n) is 2.97. The van der Waals surface area contributed by atoms with Crippen molar-refractivity contribution in [2.75, 3.05) is 18.0 Å². The molecule has 0 aliphatic carbocycles. The number of carboxylic acids is 1. The summed E-state index contributed by atoms with van der Waals surface area (Å²) in [6.07, 6.45) is 2.08. The first-order chi connectivity index (χ1) is 10.1. The van der Waals surface area contributed by atoms with Crippen LogP contribution in [0.15, 0.2) is 24.3 Å². The quantitative estimate of drug-likeness (QED) is 0.939. The highest BCUT2D eigenvalue weighted by atomic mass is 16.4. The van der Waals surface area contributed by atoms with Crippen molar-refractivity contribution in [2.24, 2.45) is 5.92 Å². The Balaban J connectivity index is 1.79. The second-order valence-electron chi connectivity index (χ2n) is 5.65. The van der Waals surface area contributed by atoms with Crippen LogP contribution in [0, 0.1) is 12.8 Å². The van der Waals surface area contributed by atoms with Crippen LogP contribution in [-0.2, 0) is 4.79 Å². The van der Waals surface area contributed by atoms with E-state index in [9.17, 15) is 4.79 Å². The van der Waals surface area contributed by atoms with Crippen molar-refractivity contribution in [2.45, 2.75) is 26.2 Å². The highest BCUT2D eigenvalue weighted by molar-refractivity contribution is 5.76. The fraction of sp³-hybridized carbons (Fsp3) is 0.438. The number of aryl methyl sites for hydroxylation is 1. The summed E-state index contributed by atoms with van der Waals surface area (Å²) in [6, 6.07) is 7.88. The van der Waals surface area contributed by atoms with Crippen LogP contribution in [0.2, 0.25) is 0 Å². The van der Waals surface area contributed by atoms with Crippen LogP contribution in [0.1, 0.15) is 25.0 Å². The number of carboxylic acid groups (broad SMARTS) is 1. The molecular formula is C16H19N3O2. The first-order valence-corrected chi connectivity index (χ1v) is 7.33. The van der Waals surface area contributed by atoms with E-state index < -0.39 is 5.97 Å². The van der Waals surface area contributed by atoms with Crippen molar-refractivity contribution in [3.8, 4) is 0 Å². The molecule has 0 amide bonds. The minimum absolute atomic E-state index is 0.274. The van der Waals surface area contributed by atoms with Crippen LogP contribution in [0.4, 0.5) is 5.82 Å². The second kappa shape index (κ2) is 5.68. The van der Waals surface area contributed by atoms with Gasteiger partial charge in [-0.05, 0) is 37.8 Å². The Kier molecular flexibility index (Phi) is 3.73. The minimum atomic E-state index is -0.699. The Morgan fingerprint density at radius 2 is 1.86 bits per heavy atom. The first-order valence-electron chi connectivity index (χ1n) is 7.33. The molecule has 0 spiro atoms. The Hall–Kier alpha value is -2.17. The summed E-state index contributed by atoms with van der Waals surface area (Å²) in [6.45, 7) is 3.69. The number of rotatable bonds is 3. The molecule has 1 aliphatic heterocycles. The molecule has 0 saturated carbocycles. The highest BCUT2D eigenvalue weighted by Crippen LogP contribution is 2.26. The fourth-order valence-corrected chi connectivity index (χ4v) is 2.97. The zero-order chi connectivity index (χ0) is 14.8. The maximum absolute atomic E-state index is 10.8. The third-order valence-electron chi connectivity index (χ3n) is 4.10. The average Bonchev–Trinajstić information content (AvgIpc) is 2.47. The molecule has 1 aromatic heterocycles. The molecule has 1 fully saturated rings. The van der Waals surface area contributed by atoms with Crippen LogP contribution < -0.4 is 4.90 Å². The number of aromatic nitrogens is 2. The molecule has 5 nitrogen and oxygen atoms in total. The van der Waals surface area contributed by atoms with E-state index in [0.717, 1.165) is 48.5 Å². The van der Waals surface area contributed by atoms with E-state index >= 15 is 0 Å². The van der Waals surface area contributed by atoms with Gasteiger partial charge in [-0.25, -0.2) is 9.97 Å². The molecule has 0 unspecified atom stereocenters. The number of hydrogen-bond acceptors (Lipinski definition) is 4. The van der Waals surface area contributed by atoms with Gasteiger partial charge in [-0.1, -0.05) is 12.1 Å². The van der Waals surface area contributed by atoms with Crippen LogP contribution in [-0.4, -0.2) is 34.1 Å². The molecule has 0 atom stereocenters. The van der Waals surface area contributed by atoms with Gasteiger partial charge < -0.3 is 10.0 Å². The summed E-state index contributed by atoms with van der Waals surface area (Å²) in [4.78, 5) is 22.4. The van der Waals surface area contributed by atoms with Crippen LogP contribution >= 0.6 is 0 Å². The van der Waals surface area contributed by atoms with E-state index in [1.165, 1.54) is 0 Å². The maximum Gasteiger partial charge on any atom is 0.303 e. The largest absolute Gasteiger partial charge is 0.481 e. The molecule has 0 bridgehead atoms. The van der Waals surface area contributed by atoms with Crippen molar-refractivity contribution in [1.29, 1.82) is 0 Å². The number of benzene rings is 1. The summed E-state index contributed by atoms with van der Waals surface area (Å²) < 4.78 is 0. The highest BCUT2D eigenvalue weighted by Gasteiger charge is 2.23. The lowest BCUT2D eigenvalue weighted by molar-refractivity contribution is -0.138. The SMILES string of the molecule is Cc1nc2ccccc2nc1N1CCC(CC(=O)O)CC1. The maximum atomic E-state index is 10.8. The number of fused-ring (bicyclic) bond motifs is 1. The molecule has 1 N–H and O–H groups in total. The Bertz CT molecular complexity index is 664. The molecule has 0 radical (unpaired) electrons. The minimum Gasteiger partial charge on any atom is -0.481 e. The van der Waals surface area contributed by atoms with Gasteiger partial charge in [-0.2, -0.15) is 0 Å². The van der Waals surface area contributed by atoms with Crippen molar-refractivity contribution >= 4 is 22.8 Å². The molecule has 2 aromatic rings. The topological polar surface area (TPSA) is 66.3 Å². The number of carbonyl (C=O) groups is 1. The lowest BCUT2D eigenvalue weighted by Crippen LogP contribution is -2.35. The first kappa shape index (κ1) is 13.8. The predicted molar refractivity (Wildman–Crippen MR) is 81.5 cm³/mol. The molecule has 110 valence electrons. The smallest absolute Gasteiger partial charge is 0.303 e. The summed E-state index contributed by atoms with van der Waals surface area (Å²) >= 11 is 0. The van der Waals surface area contributed by atoms with Crippen molar-refractivity contribution in [3.63, 3.8) is 0 Å². The van der Waals surface area contributed by atoms with E-state index in [4.69, 9.17) is 10.1 Å². The van der Waals surface area contributed by atoms with Gasteiger partial charge >= 0.3 is 5.97 Å². The lowest BCUT2D eigenvalue weighted by Gasteiger charge is -2.32.